The van der Waals surface area contributed by atoms with Gasteiger partial charge in [0.25, 0.3) is 35.4 Å². The van der Waals surface area contributed by atoms with Crippen molar-refractivity contribution < 1.29 is 46.8 Å². The van der Waals surface area contributed by atoms with Crippen LogP contribution in [0.5, 0.6) is 0 Å². The first kappa shape index (κ1) is 78.0. The second-order valence-electron chi connectivity index (χ2n) is 29.1. The molecular formula is C87H83Cl3F3N11O7. The highest BCUT2D eigenvalue weighted by molar-refractivity contribution is 6.35. The molecule has 5 N–H and O–H groups in total. The van der Waals surface area contributed by atoms with Crippen LogP contribution in [0, 0.1) is 33.7 Å². The quantitative estimate of drug-likeness (QED) is 0.0713. The van der Waals surface area contributed by atoms with Crippen LogP contribution in [0.4, 0.5) is 47.3 Å². The van der Waals surface area contributed by atoms with Crippen molar-refractivity contribution in [3.63, 3.8) is 0 Å². The number of nitrogens with zero attached hydrogens (tertiary/aromatic N) is 7. The van der Waals surface area contributed by atoms with E-state index in [1.807, 2.05) is 88.4 Å². The van der Waals surface area contributed by atoms with Crippen molar-refractivity contribution in [1.29, 1.82) is 0 Å². The molecule has 15 rings (SSSR count). The average Bonchev–Trinajstić information content (AvgIpc) is 1.63. The summed E-state index contributed by atoms with van der Waals surface area (Å²) in [5.74, 6) is 2.21. The number of benzene rings is 9. The summed E-state index contributed by atoms with van der Waals surface area (Å²) in [7, 11) is 5.49. The highest BCUT2D eigenvalue weighted by Crippen LogP contribution is 2.49. The number of hydrogen-bond donors (Lipinski definition) is 4. The standard InChI is InChI=1S/C30H30ClFN4O2.C29H27ClFN3O3.C28H26ClFN4O2/c1-35(2)34-27-8-5-15-30(27)16-17-36(26-7-4-3-6-21(26)19-30)29(38)20-9-12-23(13-10-20)33-28(37)24-18-22(32)11-14-25(24)31;1-37-33-26-7-4-14-29(26)15-16-34(25-6-3-2-5-20(25)18-29)28(36)19-8-11-22(12-9-19)32-27(35)23-17-21(31)10-13-24(23)30;29-23-12-9-20(30)16-22(23)26(35)32-21-10-7-18(8-11-21)27(36)34-15-14-28(13-3-6-25(28)33-31)17-19-4-1-2-5-24(19)34/h3-4,6-7,9-14,18H,5,8,15-17,19H2,1-2H3,(H,33,37);2-3,5-6,8-13,17H,4,7,14-16,18H2,1H3,(H,32,35);1-2,4-5,7-12,16H,3,6,13-15,17,31H2,(H,32,35). The van der Waals surface area contributed by atoms with Crippen LogP contribution < -0.4 is 36.5 Å². The van der Waals surface area contributed by atoms with E-state index >= 15 is 0 Å². The van der Waals surface area contributed by atoms with Gasteiger partial charge < -0.3 is 46.3 Å². The number of anilines is 6. The van der Waals surface area contributed by atoms with Gasteiger partial charge in [-0.1, -0.05) is 94.6 Å². The summed E-state index contributed by atoms with van der Waals surface area (Å²) in [6, 6.07) is 55.1. The molecule has 0 aromatic heterocycles. The summed E-state index contributed by atoms with van der Waals surface area (Å²) in [5, 5.41) is 23.8. The van der Waals surface area contributed by atoms with Gasteiger partial charge in [-0.3, -0.25) is 28.8 Å². The van der Waals surface area contributed by atoms with Gasteiger partial charge in [0.2, 0.25) is 0 Å². The van der Waals surface area contributed by atoms with E-state index in [0.717, 1.165) is 160 Å². The summed E-state index contributed by atoms with van der Waals surface area (Å²) in [5.41, 5.74) is 12.3. The van der Waals surface area contributed by atoms with E-state index in [4.69, 9.17) is 50.6 Å². The number of oxime groups is 1. The van der Waals surface area contributed by atoms with E-state index in [1.165, 1.54) is 42.1 Å². The van der Waals surface area contributed by atoms with Gasteiger partial charge in [-0.25, -0.2) is 13.2 Å². The normalized spacial score (nSPS) is 20.0. The molecule has 111 heavy (non-hydrogen) atoms. The maximum Gasteiger partial charge on any atom is 0.258 e. The van der Waals surface area contributed by atoms with Crippen LogP contribution in [-0.4, -0.2) is 98.4 Å². The van der Waals surface area contributed by atoms with Crippen molar-refractivity contribution in [1.82, 2.24) is 5.01 Å². The number of halogens is 6. The molecule has 3 aliphatic carbocycles. The molecule has 18 nitrogen and oxygen atoms in total. The predicted octanol–water partition coefficient (Wildman–Crippen LogP) is 18.7. The summed E-state index contributed by atoms with van der Waals surface area (Å²) >= 11 is 18.1. The Hall–Kier alpha value is -11.1. The third kappa shape index (κ3) is 17.3. The number of hydrogen-bond acceptors (Lipinski definition) is 12. The molecule has 3 saturated carbocycles. The summed E-state index contributed by atoms with van der Waals surface area (Å²) in [4.78, 5) is 89.5. The minimum absolute atomic E-state index is 0.0400. The topological polar surface area (TPSA) is 224 Å². The van der Waals surface area contributed by atoms with Gasteiger partial charge in [0.15, 0.2) is 0 Å². The van der Waals surface area contributed by atoms with Gasteiger partial charge in [0.1, 0.15) is 24.6 Å². The van der Waals surface area contributed by atoms with Crippen molar-refractivity contribution >= 4 is 122 Å². The van der Waals surface area contributed by atoms with Gasteiger partial charge in [0, 0.05) is 112 Å². The van der Waals surface area contributed by atoms with Crippen molar-refractivity contribution in [2.75, 3.05) is 71.5 Å². The van der Waals surface area contributed by atoms with E-state index in [2.05, 4.69) is 44.4 Å². The molecule has 3 spiro atoms. The lowest BCUT2D eigenvalue weighted by atomic mass is 9.76. The molecule has 0 saturated heterocycles. The largest absolute Gasteiger partial charge is 0.399 e. The maximum atomic E-state index is 13.8. The lowest BCUT2D eigenvalue weighted by Gasteiger charge is -2.29. The van der Waals surface area contributed by atoms with Crippen molar-refractivity contribution in [3.05, 3.63) is 283 Å². The summed E-state index contributed by atoms with van der Waals surface area (Å²) < 4.78 is 40.7. The van der Waals surface area contributed by atoms with Gasteiger partial charge in [-0.2, -0.15) is 10.2 Å². The molecule has 0 bridgehead atoms. The van der Waals surface area contributed by atoms with E-state index < -0.39 is 35.2 Å². The Kier molecular flexibility index (Phi) is 23.9. The van der Waals surface area contributed by atoms with Crippen LogP contribution in [-0.2, 0) is 24.1 Å². The Bertz CT molecular complexity index is 5140. The number of amides is 6. The Morgan fingerprint density at radius 2 is 0.730 bits per heavy atom. The number of rotatable bonds is 11. The molecule has 3 unspecified atom stereocenters. The fourth-order valence-corrected chi connectivity index (χ4v) is 17.1. The van der Waals surface area contributed by atoms with Gasteiger partial charge in [-0.15, -0.1) is 0 Å². The number of hydrazone groups is 2. The predicted molar refractivity (Wildman–Crippen MR) is 433 cm³/mol. The van der Waals surface area contributed by atoms with Crippen LogP contribution in [0.1, 0.15) is 156 Å². The van der Waals surface area contributed by atoms with Crippen LogP contribution >= 0.6 is 34.8 Å². The van der Waals surface area contributed by atoms with Crippen LogP contribution in [0.2, 0.25) is 15.1 Å². The molecule has 6 aliphatic rings. The number of nitrogens with two attached hydrogens (primary N) is 1. The molecular weight excluding hydrogens is 1470 g/mol. The van der Waals surface area contributed by atoms with Crippen molar-refractivity contribution in [2.24, 2.45) is 37.4 Å². The monoisotopic (exact) mass is 1560 g/mol. The SMILES string of the molecule is CN(C)N=C1CCCC12CCN(C(=O)c1ccc(NC(=O)c3cc(F)ccc3Cl)cc1)c1ccccc1C2.CON=C1CCCC12CCN(C(=O)c1ccc(NC(=O)c3cc(F)ccc3Cl)cc1)c1ccccc1C2.NN=C1CCCC12CCN(C(=O)c1ccc(NC(=O)c3cc(F)ccc3Cl)cc1)c1ccccc1C2. The minimum Gasteiger partial charge on any atom is -0.399 e. The van der Waals surface area contributed by atoms with Crippen molar-refractivity contribution in [3.8, 4) is 0 Å². The number of fused-ring (bicyclic) bond motifs is 3. The van der Waals surface area contributed by atoms with Crippen molar-refractivity contribution in [2.45, 2.75) is 96.3 Å². The molecule has 9 aromatic rings. The average molecular weight is 1560 g/mol. The Morgan fingerprint density at radius 3 is 1.05 bits per heavy atom. The van der Waals surface area contributed by atoms with Gasteiger partial charge in [0.05, 0.1) is 37.5 Å². The lowest BCUT2D eigenvalue weighted by Crippen LogP contribution is -2.35. The summed E-state index contributed by atoms with van der Waals surface area (Å²) in [6.07, 6.45) is 14.1. The molecule has 6 amide bonds. The molecule has 24 heteroatoms. The Balaban J connectivity index is 0.000000146. The number of para-hydroxylation sites is 3. The minimum atomic E-state index is -0.549. The van der Waals surface area contributed by atoms with Gasteiger partial charge in [-0.05, 0) is 259 Å². The molecule has 9 aromatic carbocycles. The Morgan fingerprint density at radius 1 is 0.423 bits per heavy atom. The first-order chi connectivity index (χ1) is 53.5. The van der Waals surface area contributed by atoms with E-state index in [1.54, 1.807) is 79.9 Å². The molecule has 3 aliphatic heterocycles. The third-order valence-corrected chi connectivity index (χ3v) is 23.0. The van der Waals surface area contributed by atoms with E-state index in [0.29, 0.717) is 53.4 Å². The zero-order valence-electron chi connectivity index (χ0n) is 61.6. The first-order valence-electron chi connectivity index (χ1n) is 37.0. The fraction of sp³-hybridized carbons (Fsp3) is 0.276. The van der Waals surface area contributed by atoms with Crippen LogP contribution in [0.3, 0.4) is 0 Å². The second kappa shape index (κ2) is 34.0. The smallest absolute Gasteiger partial charge is 0.258 e. The zero-order chi connectivity index (χ0) is 78.1. The van der Waals surface area contributed by atoms with Gasteiger partial charge >= 0.3 is 0 Å². The number of carbonyl (C=O) groups is 6. The highest BCUT2D eigenvalue weighted by Gasteiger charge is 2.47. The van der Waals surface area contributed by atoms with Crippen LogP contribution in [0.25, 0.3) is 0 Å². The molecule has 3 atom stereocenters. The molecule has 0 radical (unpaired) electrons. The highest BCUT2D eigenvalue weighted by atomic mass is 35.5. The zero-order valence-corrected chi connectivity index (χ0v) is 63.9. The number of carbonyl (C=O) groups excluding carboxylic acids is 6. The van der Waals surface area contributed by atoms with E-state index in [9.17, 15) is 41.9 Å². The lowest BCUT2D eigenvalue weighted by molar-refractivity contribution is 0.0977. The molecule has 3 heterocycles. The molecule has 3 fully saturated rings. The summed E-state index contributed by atoms with van der Waals surface area (Å²) in [6.45, 7) is 1.72. The fourth-order valence-electron chi connectivity index (χ4n) is 16.5. The van der Waals surface area contributed by atoms with E-state index in [-0.39, 0.29) is 65.7 Å². The third-order valence-electron chi connectivity index (χ3n) is 22.0. The maximum absolute atomic E-state index is 13.8. The number of nitrogens with one attached hydrogen (secondary N) is 3. The first-order valence-corrected chi connectivity index (χ1v) is 38.1. The van der Waals surface area contributed by atoms with Crippen LogP contribution in [0.15, 0.2) is 216 Å². The second-order valence-corrected chi connectivity index (χ2v) is 30.3. The molecule has 570 valence electrons. The Labute approximate surface area is 657 Å².